The minimum absolute atomic E-state index is 0.0301. The fourth-order valence-electron chi connectivity index (χ4n) is 6.34. The fraction of sp³-hybridized carbons (Fsp3) is 0.609. The Bertz CT molecular complexity index is 912. The van der Waals surface area contributed by atoms with Crippen molar-refractivity contribution in [3.63, 3.8) is 0 Å². The highest BCUT2D eigenvalue weighted by atomic mass is 16.6. The Morgan fingerprint density at radius 2 is 1.87 bits per heavy atom. The second-order valence-corrected chi connectivity index (χ2v) is 10.1. The van der Waals surface area contributed by atoms with Gasteiger partial charge in [-0.1, -0.05) is 26.8 Å². The fourth-order valence-corrected chi connectivity index (χ4v) is 6.34. The molecule has 30 heavy (non-hydrogen) atoms. The maximum absolute atomic E-state index is 12.8. The highest BCUT2D eigenvalue weighted by molar-refractivity contribution is 5.94. The van der Waals surface area contributed by atoms with E-state index in [4.69, 9.17) is 4.74 Å². The molecule has 0 aromatic heterocycles. The summed E-state index contributed by atoms with van der Waals surface area (Å²) in [5, 5.41) is 52.4. The van der Waals surface area contributed by atoms with Gasteiger partial charge in [0.2, 0.25) is 0 Å². The maximum atomic E-state index is 12.8. The quantitative estimate of drug-likeness (QED) is 0.375. The lowest BCUT2D eigenvalue weighted by Gasteiger charge is -2.65. The van der Waals surface area contributed by atoms with Gasteiger partial charge < -0.3 is 30.3 Å². The molecule has 6 atom stereocenters. The molecule has 0 amide bonds. The largest absolute Gasteiger partial charge is 0.508 e. The first kappa shape index (κ1) is 21.2. The summed E-state index contributed by atoms with van der Waals surface area (Å²) in [5.74, 6) is -1.56. The lowest BCUT2D eigenvalue weighted by atomic mass is 9.43. The van der Waals surface area contributed by atoms with Crippen molar-refractivity contribution in [3.8, 4) is 11.5 Å². The van der Waals surface area contributed by atoms with Crippen LogP contribution < -0.4 is 0 Å². The molecule has 7 heteroatoms. The number of phenols is 2. The van der Waals surface area contributed by atoms with E-state index in [1.54, 1.807) is 6.92 Å². The molecule has 2 saturated carbocycles. The van der Waals surface area contributed by atoms with Crippen LogP contribution in [0.3, 0.4) is 0 Å². The molecule has 4 rings (SSSR count). The van der Waals surface area contributed by atoms with Crippen molar-refractivity contribution in [2.24, 2.45) is 22.7 Å². The molecular formula is C23H30O7. The lowest BCUT2D eigenvalue weighted by molar-refractivity contribution is -0.260. The Balaban J connectivity index is 1.67. The third-order valence-corrected chi connectivity index (χ3v) is 7.87. The summed E-state index contributed by atoms with van der Waals surface area (Å²) in [6.45, 7) is 7.07. The summed E-state index contributed by atoms with van der Waals surface area (Å²) in [7, 11) is 0. The number of phenolic OH excluding ortho intramolecular Hbond substituents is 2. The van der Waals surface area contributed by atoms with E-state index in [0.29, 0.717) is 17.6 Å². The van der Waals surface area contributed by atoms with Crippen LogP contribution in [0.1, 0.15) is 49.5 Å². The monoisotopic (exact) mass is 418 g/mol. The zero-order valence-electron chi connectivity index (χ0n) is 17.7. The second-order valence-electron chi connectivity index (χ2n) is 10.1. The Morgan fingerprint density at radius 3 is 2.47 bits per heavy atom. The van der Waals surface area contributed by atoms with Crippen LogP contribution in [0.2, 0.25) is 0 Å². The molecule has 6 unspecified atom stereocenters. The van der Waals surface area contributed by atoms with Crippen LogP contribution in [0, 0.1) is 29.6 Å². The number of aryl methyl sites for hydroxylation is 1. The van der Waals surface area contributed by atoms with E-state index in [2.05, 4.69) is 0 Å². The van der Waals surface area contributed by atoms with Crippen molar-refractivity contribution < 1.29 is 35.1 Å². The number of aliphatic hydroxyl groups is 3. The number of hydrogen-bond donors (Lipinski definition) is 5. The van der Waals surface area contributed by atoms with Crippen molar-refractivity contribution in [3.05, 3.63) is 34.9 Å². The number of esters is 1. The predicted octanol–water partition coefficient (Wildman–Crippen LogP) is 2.03. The Labute approximate surface area is 175 Å². The van der Waals surface area contributed by atoms with Gasteiger partial charge in [0.25, 0.3) is 0 Å². The molecule has 0 radical (unpaired) electrons. The summed E-state index contributed by atoms with van der Waals surface area (Å²) in [4.78, 5) is 12.8. The molecule has 0 saturated heterocycles. The molecule has 5 N–H and O–H groups in total. The number of hydrogen-bond acceptors (Lipinski definition) is 7. The number of carbonyl (C=O) groups excluding carboxylic acids is 1. The van der Waals surface area contributed by atoms with Crippen molar-refractivity contribution >= 4 is 5.97 Å². The van der Waals surface area contributed by atoms with Crippen LogP contribution >= 0.6 is 0 Å². The highest BCUT2D eigenvalue weighted by Crippen LogP contribution is 2.68. The van der Waals surface area contributed by atoms with Crippen LogP contribution in [-0.2, 0) is 4.74 Å². The molecule has 3 aliphatic rings. The number of ether oxygens (including phenoxy) is 1. The zero-order valence-corrected chi connectivity index (χ0v) is 17.7. The van der Waals surface area contributed by atoms with Crippen LogP contribution in [0.25, 0.3) is 0 Å². The van der Waals surface area contributed by atoms with Crippen molar-refractivity contribution in [2.45, 2.75) is 58.3 Å². The Hall–Kier alpha value is -2.09. The topological polar surface area (TPSA) is 127 Å². The number of benzene rings is 1. The van der Waals surface area contributed by atoms with E-state index in [1.165, 1.54) is 6.07 Å². The number of fused-ring (bicyclic) bond motifs is 3. The minimum atomic E-state index is -1.60. The third kappa shape index (κ3) is 2.58. The van der Waals surface area contributed by atoms with Gasteiger partial charge in [-0.15, -0.1) is 0 Å². The number of aliphatic hydroxyl groups excluding tert-OH is 2. The summed E-state index contributed by atoms with van der Waals surface area (Å²) in [6.07, 6.45) is 1.37. The number of aromatic hydroxyl groups is 2. The van der Waals surface area contributed by atoms with Crippen molar-refractivity contribution in [2.75, 3.05) is 6.61 Å². The summed E-state index contributed by atoms with van der Waals surface area (Å²) >= 11 is 0. The van der Waals surface area contributed by atoms with Gasteiger partial charge in [-0.2, -0.15) is 0 Å². The average Bonchev–Trinajstić information content (AvgIpc) is 2.86. The molecule has 3 aliphatic carbocycles. The van der Waals surface area contributed by atoms with Crippen LogP contribution in [0.5, 0.6) is 11.5 Å². The summed E-state index contributed by atoms with van der Waals surface area (Å²) < 4.78 is 5.62. The molecule has 2 fully saturated rings. The predicted molar refractivity (Wildman–Crippen MR) is 108 cm³/mol. The van der Waals surface area contributed by atoms with Gasteiger partial charge >= 0.3 is 5.97 Å². The van der Waals surface area contributed by atoms with E-state index in [1.807, 2.05) is 26.8 Å². The second kappa shape index (κ2) is 6.45. The number of allylic oxidation sites excluding steroid dienone is 1. The standard InChI is InChI=1S/C23H30O7/c1-11-5-14(25)7-15(26)17(11)20(28)30-16-9-22(4)18-12(8-21(2,3)19(18)27)6-13(10-24)23(16,22)29/h5-7,12,16,18-19,24-27,29H,8-10H2,1-4H3. The van der Waals surface area contributed by atoms with Gasteiger partial charge in [0, 0.05) is 17.4 Å². The Morgan fingerprint density at radius 1 is 1.20 bits per heavy atom. The zero-order chi connectivity index (χ0) is 22.2. The van der Waals surface area contributed by atoms with Crippen LogP contribution in [0.15, 0.2) is 23.8 Å². The number of rotatable bonds is 3. The normalized spacial score (nSPS) is 38.8. The van der Waals surface area contributed by atoms with E-state index in [9.17, 15) is 30.3 Å². The average molecular weight is 418 g/mol. The smallest absolute Gasteiger partial charge is 0.342 e. The molecule has 7 nitrogen and oxygen atoms in total. The van der Waals surface area contributed by atoms with Gasteiger partial charge in [0.15, 0.2) is 0 Å². The molecule has 0 aliphatic heterocycles. The van der Waals surface area contributed by atoms with E-state index in [-0.39, 0.29) is 35.2 Å². The highest BCUT2D eigenvalue weighted by Gasteiger charge is 2.74. The van der Waals surface area contributed by atoms with E-state index in [0.717, 1.165) is 12.5 Å². The first-order valence-electron chi connectivity index (χ1n) is 10.3. The molecule has 0 bridgehead atoms. The van der Waals surface area contributed by atoms with Crippen molar-refractivity contribution in [1.82, 2.24) is 0 Å². The van der Waals surface area contributed by atoms with Gasteiger partial charge in [0.1, 0.15) is 28.8 Å². The molecular weight excluding hydrogens is 388 g/mol. The van der Waals surface area contributed by atoms with Crippen LogP contribution in [0.4, 0.5) is 0 Å². The van der Waals surface area contributed by atoms with E-state index < -0.39 is 34.9 Å². The minimum Gasteiger partial charge on any atom is -0.508 e. The molecule has 0 heterocycles. The summed E-state index contributed by atoms with van der Waals surface area (Å²) in [6, 6.07) is 2.40. The SMILES string of the molecule is Cc1cc(O)cc(O)c1C(=O)OC1CC2(C)C3C(C=C(CO)C12O)CC(C)(C)C3O. The molecule has 1 aromatic rings. The number of carbonyl (C=O) groups is 1. The van der Waals surface area contributed by atoms with Gasteiger partial charge in [0.05, 0.1) is 12.7 Å². The first-order valence-corrected chi connectivity index (χ1v) is 10.3. The van der Waals surface area contributed by atoms with Gasteiger partial charge in [-0.3, -0.25) is 0 Å². The van der Waals surface area contributed by atoms with E-state index >= 15 is 0 Å². The first-order chi connectivity index (χ1) is 13.9. The van der Waals surface area contributed by atoms with Crippen LogP contribution in [-0.4, -0.2) is 55.9 Å². The lowest BCUT2D eigenvalue weighted by Crippen LogP contribution is -2.74. The molecule has 0 spiro atoms. The third-order valence-electron chi connectivity index (χ3n) is 7.87. The Kier molecular flexibility index (Phi) is 4.55. The van der Waals surface area contributed by atoms with Gasteiger partial charge in [-0.25, -0.2) is 4.79 Å². The summed E-state index contributed by atoms with van der Waals surface area (Å²) in [5.41, 5.74) is -1.99. The molecule has 1 aromatic carbocycles. The van der Waals surface area contributed by atoms with Crippen molar-refractivity contribution in [1.29, 1.82) is 0 Å². The maximum Gasteiger partial charge on any atom is 0.342 e. The molecule has 164 valence electrons. The van der Waals surface area contributed by atoms with Gasteiger partial charge in [-0.05, 0) is 48.3 Å².